The van der Waals surface area contributed by atoms with Crippen LogP contribution in [-0.4, -0.2) is 42.6 Å². The molecular weight excluding hydrogens is 344 g/mol. The van der Waals surface area contributed by atoms with Crippen molar-refractivity contribution in [2.24, 2.45) is 4.99 Å². The molecule has 0 saturated heterocycles. The van der Waals surface area contributed by atoms with Gasteiger partial charge in [-0.1, -0.05) is 17.7 Å². The van der Waals surface area contributed by atoms with E-state index in [9.17, 15) is 0 Å². The molecule has 1 N–H and O–H groups in total. The molecule has 26 heavy (non-hydrogen) atoms. The van der Waals surface area contributed by atoms with Crippen LogP contribution in [0, 0.1) is 13.8 Å². The Balaban J connectivity index is 1.72. The van der Waals surface area contributed by atoms with Gasteiger partial charge in [0, 0.05) is 25.5 Å². The number of guanidine groups is 1. The van der Waals surface area contributed by atoms with Gasteiger partial charge >= 0.3 is 0 Å². The summed E-state index contributed by atoms with van der Waals surface area (Å²) >= 11 is 1.69. The van der Waals surface area contributed by atoms with E-state index in [4.69, 9.17) is 9.73 Å². The summed E-state index contributed by atoms with van der Waals surface area (Å²) < 4.78 is 5.76. The Labute approximate surface area is 161 Å². The summed E-state index contributed by atoms with van der Waals surface area (Å²) in [4.78, 5) is 11.4. The van der Waals surface area contributed by atoms with Crippen molar-refractivity contribution < 1.29 is 4.74 Å². The highest BCUT2D eigenvalue weighted by Gasteiger charge is 2.08. The summed E-state index contributed by atoms with van der Waals surface area (Å²) in [7, 11) is 2.05. The molecule has 0 spiro atoms. The topological polar surface area (TPSA) is 49.8 Å². The van der Waals surface area contributed by atoms with Crippen LogP contribution in [0.3, 0.4) is 0 Å². The zero-order chi connectivity index (χ0) is 18.8. The van der Waals surface area contributed by atoms with Crippen molar-refractivity contribution in [2.45, 2.75) is 40.2 Å². The summed E-state index contributed by atoms with van der Waals surface area (Å²) in [5.41, 5.74) is 2.34. The Hall–Kier alpha value is -2.08. The first-order valence-electron chi connectivity index (χ1n) is 9.18. The van der Waals surface area contributed by atoms with Gasteiger partial charge in [-0.2, -0.15) is 0 Å². The maximum absolute atomic E-state index is 5.76. The molecule has 0 radical (unpaired) electrons. The van der Waals surface area contributed by atoms with Crippen LogP contribution in [0.2, 0.25) is 0 Å². The number of benzene rings is 1. The standard InChI is InChI=1S/C20H30N4OS/c1-5-21-20(24(4)14-18-15-26-17(3)23-18)22-12-6-7-13-25-19-10-8-16(2)9-11-19/h8-11,15H,5-7,12-14H2,1-4H3,(H,21,22). The van der Waals surface area contributed by atoms with Crippen molar-refractivity contribution in [1.82, 2.24) is 15.2 Å². The van der Waals surface area contributed by atoms with Crippen molar-refractivity contribution in [3.63, 3.8) is 0 Å². The van der Waals surface area contributed by atoms with Gasteiger partial charge in [0.2, 0.25) is 0 Å². The first-order chi connectivity index (χ1) is 12.6. The second kappa shape index (κ2) is 10.8. The minimum absolute atomic E-state index is 0.725. The lowest BCUT2D eigenvalue weighted by Crippen LogP contribution is -2.38. The van der Waals surface area contributed by atoms with E-state index in [1.54, 1.807) is 11.3 Å². The zero-order valence-corrected chi connectivity index (χ0v) is 17.1. The van der Waals surface area contributed by atoms with Crippen molar-refractivity contribution in [2.75, 3.05) is 26.7 Å². The predicted octanol–water partition coefficient (Wildman–Crippen LogP) is 4.02. The van der Waals surface area contributed by atoms with Crippen LogP contribution in [0.1, 0.15) is 36.0 Å². The van der Waals surface area contributed by atoms with E-state index < -0.39 is 0 Å². The number of nitrogens with zero attached hydrogens (tertiary/aromatic N) is 3. The van der Waals surface area contributed by atoms with Gasteiger partial charge < -0.3 is 15.0 Å². The molecule has 0 atom stereocenters. The highest BCUT2D eigenvalue weighted by molar-refractivity contribution is 7.09. The Kier molecular flexibility index (Phi) is 8.41. The molecule has 1 aromatic carbocycles. The summed E-state index contributed by atoms with van der Waals surface area (Å²) in [5, 5.41) is 6.56. The number of hydrogen-bond donors (Lipinski definition) is 1. The first-order valence-corrected chi connectivity index (χ1v) is 10.1. The molecule has 6 heteroatoms. The Bertz CT molecular complexity index is 681. The normalized spacial score (nSPS) is 11.5. The van der Waals surface area contributed by atoms with Crippen LogP contribution in [0.25, 0.3) is 0 Å². The lowest BCUT2D eigenvalue weighted by molar-refractivity contribution is 0.307. The van der Waals surface area contributed by atoms with E-state index in [2.05, 4.69) is 53.6 Å². The number of ether oxygens (including phenoxy) is 1. The van der Waals surface area contributed by atoms with Gasteiger partial charge in [0.25, 0.3) is 0 Å². The lowest BCUT2D eigenvalue weighted by atomic mass is 10.2. The SMILES string of the molecule is CCNC(=NCCCCOc1ccc(C)cc1)N(C)Cc1csc(C)n1. The van der Waals surface area contributed by atoms with E-state index in [0.717, 1.165) is 61.5 Å². The molecule has 1 aromatic heterocycles. The second-order valence-electron chi connectivity index (χ2n) is 6.32. The fourth-order valence-corrected chi connectivity index (χ4v) is 3.10. The van der Waals surface area contributed by atoms with E-state index in [1.165, 1.54) is 5.56 Å². The van der Waals surface area contributed by atoms with Crippen LogP contribution in [0.4, 0.5) is 0 Å². The maximum Gasteiger partial charge on any atom is 0.194 e. The van der Waals surface area contributed by atoms with Crippen molar-refractivity contribution in [3.8, 4) is 5.75 Å². The van der Waals surface area contributed by atoms with Gasteiger partial charge in [-0.25, -0.2) is 4.98 Å². The van der Waals surface area contributed by atoms with Crippen LogP contribution in [0.15, 0.2) is 34.6 Å². The van der Waals surface area contributed by atoms with E-state index >= 15 is 0 Å². The Morgan fingerprint density at radius 3 is 2.65 bits per heavy atom. The minimum Gasteiger partial charge on any atom is -0.494 e. The number of aromatic nitrogens is 1. The van der Waals surface area contributed by atoms with Gasteiger partial charge in [-0.3, -0.25) is 4.99 Å². The third-order valence-corrected chi connectivity index (χ3v) is 4.69. The molecular formula is C20H30N4OS. The summed E-state index contributed by atoms with van der Waals surface area (Å²) in [6, 6.07) is 8.18. The maximum atomic E-state index is 5.76. The number of hydrogen-bond acceptors (Lipinski definition) is 4. The van der Waals surface area contributed by atoms with Crippen molar-refractivity contribution in [3.05, 3.63) is 45.9 Å². The minimum atomic E-state index is 0.725. The third kappa shape index (κ3) is 7.04. The molecule has 2 rings (SSSR count). The number of aliphatic imine (C=N–C) groups is 1. The molecule has 0 unspecified atom stereocenters. The molecule has 0 aliphatic carbocycles. The molecule has 0 saturated carbocycles. The molecule has 142 valence electrons. The van der Waals surface area contributed by atoms with Gasteiger partial charge in [0.15, 0.2) is 5.96 Å². The van der Waals surface area contributed by atoms with E-state index in [-0.39, 0.29) is 0 Å². The molecule has 0 aliphatic heterocycles. The van der Waals surface area contributed by atoms with Crippen LogP contribution < -0.4 is 10.1 Å². The molecule has 0 aliphatic rings. The van der Waals surface area contributed by atoms with E-state index in [1.807, 2.05) is 19.1 Å². The number of rotatable bonds is 9. The smallest absolute Gasteiger partial charge is 0.194 e. The summed E-state index contributed by atoms with van der Waals surface area (Å²) in [5.74, 6) is 1.86. The van der Waals surface area contributed by atoms with Crippen molar-refractivity contribution >= 4 is 17.3 Å². The summed E-state index contributed by atoms with van der Waals surface area (Å²) in [6.07, 6.45) is 2.00. The summed E-state index contributed by atoms with van der Waals surface area (Å²) in [6.45, 7) is 9.35. The largest absolute Gasteiger partial charge is 0.494 e. The Morgan fingerprint density at radius 2 is 2.00 bits per heavy atom. The van der Waals surface area contributed by atoms with Crippen LogP contribution in [0.5, 0.6) is 5.75 Å². The average molecular weight is 375 g/mol. The number of nitrogens with one attached hydrogen (secondary N) is 1. The van der Waals surface area contributed by atoms with Gasteiger partial charge in [-0.15, -0.1) is 11.3 Å². The second-order valence-corrected chi connectivity index (χ2v) is 7.38. The van der Waals surface area contributed by atoms with Crippen LogP contribution >= 0.6 is 11.3 Å². The lowest BCUT2D eigenvalue weighted by Gasteiger charge is -2.21. The average Bonchev–Trinajstić information content (AvgIpc) is 3.03. The molecule has 5 nitrogen and oxygen atoms in total. The zero-order valence-electron chi connectivity index (χ0n) is 16.3. The van der Waals surface area contributed by atoms with Crippen LogP contribution in [-0.2, 0) is 6.54 Å². The predicted molar refractivity (Wildman–Crippen MR) is 110 cm³/mol. The molecule has 0 bridgehead atoms. The number of aryl methyl sites for hydroxylation is 2. The number of unbranched alkanes of at least 4 members (excludes halogenated alkanes) is 1. The molecule has 1 heterocycles. The van der Waals surface area contributed by atoms with E-state index in [0.29, 0.717) is 0 Å². The van der Waals surface area contributed by atoms with Crippen molar-refractivity contribution in [1.29, 1.82) is 0 Å². The fraction of sp³-hybridized carbons (Fsp3) is 0.500. The molecule has 0 amide bonds. The highest BCUT2D eigenvalue weighted by atomic mass is 32.1. The van der Waals surface area contributed by atoms with Gasteiger partial charge in [0.05, 0.1) is 23.9 Å². The van der Waals surface area contributed by atoms with Gasteiger partial charge in [-0.05, 0) is 45.7 Å². The van der Waals surface area contributed by atoms with Gasteiger partial charge in [0.1, 0.15) is 5.75 Å². The third-order valence-electron chi connectivity index (χ3n) is 3.87. The highest BCUT2D eigenvalue weighted by Crippen LogP contribution is 2.12. The molecule has 0 fully saturated rings. The molecule has 2 aromatic rings. The fourth-order valence-electron chi connectivity index (χ4n) is 2.49. The Morgan fingerprint density at radius 1 is 1.23 bits per heavy atom. The first kappa shape index (κ1) is 20.2. The quantitative estimate of drug-likeness (QED) is 0.409. The monoisotopic (exact) mass is 374 g/mol. The number of thiazole rings is 1.